The van der Waals surface area contributed by atoms with E-state index in [1.807, 2.05) is 62.4 Å². The maximum absolute atomic E-state index is 12.2. The van der Waals surface area contributed by atoms with E-state index in [2.05, 4.69) is 41.6 Å². The zero-order valence-electron chi connectivity index (χ0n) is 20.3. The van der Waals surface area contributed by atoms with Gasteiger partial charge < -0.3 is 14.5 Å². The van der Waals surface area contributed by atoms with Gasteiger partial charge in [-0.2, -0.15) is 0 Å². The summed E-state index contributed by atoms with van der Waals surface area (Å²) < 4.78 is 11.6. The Morgan fingerprint density at radius 3 is 2.57 bits per heavy atom. The molecule has 0 saturated heterocycles. The third kappa shape index (κ3) is 6.05. The molecule has 4 rings (SSSR count). The Kier molecular flexibility index (Phi) is 7.46. The van der Waals surface area contributed by atoms with Gasteiger partial charge in [-0.05, 0) is 92.0 Å². The number of ether oxygens (including phenoxy) is 1. The number of nitrogens with one attached hydrogen (secondary N) is 2. The number of carbonyl (C=O) groups excluding carboxylic acids is 1. The van der Waals surface area contributed by atoms with Crippen LogP contribution in [-0.4, -0.2) is 22.6 Å². The van der Waals surface area contributed by atoms with Crippen LogP contribution in [0.25, 0.3) is 22.6 Å². The van der Waals surface area contributed by atoms with Crippen molar-refractivity contribution in [2.75, 3.05) is 11.9 Å². The Morgan fingerprint density at radius 2 is 1.86 bits per heavy atom. The van der Waals surface area contributed by atoms with Crippen molar-refractivity contribution in [2.24, 2.45) is 0 Å². The molecule has 3 aromatic carbocycles. The van der Waals surface area contributed by atoms with Crippen molar-refractivity contribution in [1.29, 1.82) is 0 Å². The van der Waals surface area contributed by atoms with Gasteiger partial charge in [0.05, 0.1) is 0 Å². The van der Waals surface area contributed by atoms with E-state index in [1.54, 1.807) is 0 Å². The fraction of sp³-hybridized carbons (Fsp3) is 0.250. The number of hydrogen-bond acceptors (Lipinski definition) is 5. The largest absolute Gasteiger partial charge is 0.483 e. The molecule has 1 atom stereocenters. The second kappa shape index (κ2) is 10.7. The van der Waals surface area contributed by atoms with Crippen molar-refractivity contribution >= 4 is 40.0 Å². The van der Waals surface area contributed by atoms with Gasteiger partial charge in [-0.3, -0.25) is 10.1 Å². The number of nitrogens with zero attached hydrogens (tertiary/aromatic N) is 1. The maximum atomic E-state index is 12.2. The normalized spacial score (nSPS) is 11.8. The van der Waals surface area contributed by atoms with Crippen LogP contribution in [0.1, 0.15) is 42.9 Å². The van der Waals surface area contributed by atoms with Crippen LogP contribution in [-0.2, 0) is 4.79 Å². The van der Waals surface area contributed by atoms with Gasteiger partial charge in [-0.15, -0.1) is 0 Å². The highest BCUT2D eigenvalue weighted by Gasteiger charge is 2.12. The lowest BCUT2D eigenvalue weighted by Gasteiger charge is -2.12. The number of benzene rings is 3. The summed E-state index contributed by atoms with van der Waals surface area (Å²) in [7, 11) is 0. The highest BCUT2D eigenvalue weighted by Crippen LogP contribution is 2.28. The molecule has 4 aromatic rings. The van der Waals surface area contributed by atoms with E-state index in [1.165, 1.54) is 5.56 Å². The molecule has 1 aromatic heterocycles. The number of thiocarbonyl (C=S) groups is 1. The van der Waals surface area contributed by atoms with Gasteiger partial charge in [0.25, 0.3) is 5.91 Å². The predicted molar refractivity (Wildman–Crippen MR) is 144 cm³/mol. The average molecular weight is 488 g/mol. The molecule has 0 aliphatic rings. The van der Waals surface area contributed by atoms with Crippen molar-refractivity contribution in [1.82, 2.24) is 10.3 Å². The SMILES string of the molecule is CCC(C)c1ccc2oc(-c3ccc(NC(=S)NC(=O)COc4ccc(C)cc4C)cc3)nc2c1. The monoisotopic (exact) mass is 487 g/mol. The first-order valence-corrected chi connectivity index (χ1v) is 12.0. The number of rotatable bonds is 7. The molecule has 1 heterocycles. The first-order chi connectivity index (χ1) is 16.8. The van der Waals surface area contributed by atoms with Gasteiger partial charge >= 0.3 is 0 Å². The minimum Gasteiger partial charge on any atom is -0.483 e. The van der Waals surface area contributed by atoms with Crippen LogP contribution in [0.2, 0.25) is 0 Å². The summed E-state index contributed by atoms with van der Waals surface area (Å²) in [6.07, 6.45) is 1.08. The molecule has 35 heavy (non-hydrogen) atoms. The second-order valence-electron chi connectivity index (χ2n) is 8.69. The molecule has 1 amide bonds. The molecule has 6 nitrogen and oxygen atoms in total. The number of hydrogen-bond donors (Lipinski definition) is 2. The molecule has 0 saturated carbocycles. The van der Waals surface area contributed by atoms with E-state index in [0.29, 0.717) is 17.6 Å². The van der Waals surface area contributed by atoms with Crippen molar-refractivity contribution in [2.45, 2.75) is 40.0 Å². The maximum Gasteiger partial charge on any atom is 0.264 e. The van der Waals surface area contributed by atoms with E-state index in [9.17, 15) is 4.79 Å². The lowest BCUT2D eigenvalue weighted by atomic mass is 9.98. The highest BCUT2D eigenvalue weighted by molar-refractivity contribution is 7.80. The van der Waals surface area contributed by atoms with E-state index >= 15 is 0 Å². The Morgan fingerprint density at radius 1 is 1.09 bits per heavy atom. The Balaban J connectivity index is 1.33. The van der Waals surface area contributed by atoms with Crippen molar-refractivity contribution in [3.05, 3.63) is 77.4 Å². The zero-order chi connectivity index (χ0) is 24.9. The molecule has 0 radical (unpaired) electrons. The topological polar surface area (TPSA) is 76.4 Å². The van der Waals surface area contributed by atoms with Crippen molar-refractivity contribution < 1.29 is 13.9 Å². The number of fused-ring (bicyclic) bond motifs is 1. The van der Waals surface area contributed by atoms with Gasteiger partial charge in [-0.1, -0.05) is 37.6 Å². The molecule has 0 aliphatic carbocycles. The summed E-state index contributed by atoms with van der Waals surface area (Å²) in [6.45, 7) is 8.22. The smallest absolute Gasteiger partial charge is 0.264 e. The molecule has 180 valence electrons. The standard InChI is InChI=1S/C28H29N3O3S/c1-5-18(3)21-9-13-25-23(15-21)30-27(34-25)20-7-10-22(11-8-20)29-28(35)31-26(32)16-33-24-12-6-17(2)14-19(24)4/h6-15,18H,5,16H2,1-4H3,(H2,29,31,32,35). The van der Waals surface area contributed by atoms with Gasteiger partial charge in [0.15, 0.2) is 17.3 Å². The van der Waals surface area contributed by atoms with Crippen molar-refractivity contribution in [3.63, 3.8) is 0 Å². The summed E-state index contributed by atoms with van der Waals surface area (Å²) in [5, 5.41) is 5.85. The zero-order valence-corrected chi connectivity index (χ0v) is 21.2. The number of carbonyl (C=O) groups is 1. The highest BCUT2D eigenvalue weighted by atomic mass is 32.1. The quantitative estimate of drug-likeness (QED) is 0.289. The van der Waals surface area contributed by atoms with E-state index in [4.69, 9.17) is 21.4 Å². The summed E-state index contributed by atoms with van der Waals surface area (Å²) in [4.78, 5) is 16.9. The molecule has 0 aliphatic heterocycles. The van der Waals surface area contributed by atoms with Gasteiger partial charge in [0.2, 0.25) is 5.89 Å². The molecule has 0 fully saturated rings. The first-order valence-electron chi connectivity index (χ1n) is 11.6. The van der Waals surface area contributed by atoms with E-state index < -0.39 is 0 Å². The Labute approximate surface area is 210 Å². The molecule has 0 bridgehead atoms. The molecular formula is C28H29N3O3S. The van der Waals surface area contributed by atoms with Crippen LogP contribution in [0.3, 0.4) is 0 Å². The van der Waals surface area contributed by atoms with Crippen LogP contribution in [0, 0.1) is 13.8 Å². The summed E-state index contributed by atoms with van der Waals surface area (Å²) in [5.74, 6) is 1.39. The number of anilines is 1. The third-order valence-electron chi connectivity index (χ3n) is 5.92. The fourth-order valence-corrected chi connectivity index (χ4v) is 3.97. The van der Waals surface area contributed by atoms with Crippen LogP contribution in [0.15, 0.2) is 65.1 Å². The third-order valence-corrected chi connectivity index (χ3v) is 6.13. The van der Waals surface area contributed by atoms with Gasteiger partial charge in [-0.25, -0.2) is 4.98 Å². The Bertz CT molecular complexity index is 1360. The number of oxazole rings is 1. The van der Waals surface area contributed by atoms with Crippen molar-refractivity contribution in [3.8, 4) is 17.2 Å². The molecular weight excluding hydrogens is 458 g/mol. The average Bonchev–Trinajstić information content (AvgIpc) is 3.27. The summed E-state index contributed by atoms with van der Waals surface area (Å²) >= 11 is 5.27. The molecule has 1 unspecified atom stereocenters. The van der Waals surface area contributed by atoms with Crippen LogP contribution in [0.4, 0.5) is 5.69 Å². The number of aryl methyl sites for hydroxylation is 2. The lowest BCUT2D eigenvalue weighted by molar-refractivity contribution is -0.121. The lowest BCUT2D eigenvalue weighted by Crippen LogP contribution is -2.37. The van der Waals surface area contributed by atoms with Crippen LogP contribution >= 0.6 is 12.2 Å². The van der Waals surface area contributed by atoms with E-state index in [-0.39, 0.29) is 17.6 Å². The molecule has 2 N–H and O–H groups in total. The molecule has 0 spiro atoms. The van der Waals surface area contributed by atoms with Crippen LogP contribution < -0.4 is 15.4 Å². The van der Waals surface area contributed by atoms with Gasteiger partial charge in [0, 0.05) is 11.3 Å². The second-order valence-corrected chi connectivity index (χ2v) is 9.10. The first kappa shape index (κ1) is 24.4. The fourth-order valence-electron chi connectivity index (χ4n) is 3.74. The summed E-state index contributed by atoms with van der Waals surface area (Å²) in [5.41, 5.74) is 6.59. The number of amides is 1. The minimum absolute atomic E-state index is 0.124. The predicted octanol–water partition coefficient (Wildman–Crippen LogP) is 6.52. The molecule has 7 heteroatoms. The summed E-state index contributed by atoms with van der Waals surface area (Å²) in [6, 6.07) is 19.5. The Hall–Kier alpha value is -3.71. The van der Waals surface area contributed by atoms with Crippen LogP contribution in [0.5, 0.6) is 5.75 Å². The minimum atomic E-state index is -0.331. The van der Waals surface area contributed by atoms with Gasteiger partial charge in [0.1, 0.15) is 11.3 Å². The number of aromatic nitrogens is 1. The van der Waals surface area contributed by atoms with E-state index in [0.717, 1.165) is 39.9 Å².